The molecular weight excluding hydrogens is 311 g/mol. The molecule has 1 N–H and O–H groups in total. The Hall–Kier alpha value is -1.52. The van der Waals surface area contributed by atoms with Crippen molar-refractivity contribution < 1.29 is 9.21 Å². The average Bonchev–Trinajstić information content (AvgIpc) is 2.84. The van der Waals surface area contributed by atoms with Crippen LogP contribution in [0.1, 0.15) is 40.6 Å². The molecule has 1 aromatic heterocycles. The number of benzene rings is 1. The van der Waals surface area contributed by atoms with Gasteiger partial charge in [-0.2, -0.15) is 0 Å². The number of nitrogens with zero attached hydrogens (tertiary/aromatic N) is 1. The second kappa shape index (κ2) is 5.70. The van der Waals surface area contributed by atoms with Crippen molar-refractivity contribution in [3.05, 3.63) is 51.7 Å². The SMILES string of the molecule is Cc1ncoc1C(=O)N[C@H]1CC[C@H]1c1ccc(Cl)cc1Cl. The van der Waals surface area contributed by atoms with Crippen LogP contribution in [0, 0.1) is 6.92 Å². The van der Waals surface area contributed by atoms with Gasteiger partial charge in [-0.05, 0) is 37.5 Å². The number of rotatable bonds is 3. The fourth-order valence-corrected chi connectivity index (χ4v) is 3.15. The summed E-state index contributed by atoms with van der Waals surface area (Å²) in [6.07, 6.45) is 3.18. The lowest BCUT2D eigenvalue weighted by Crippen LogP contribution is -2.45. The predicted molar refractivity (Wildman–Crippen MR) is 80.9 cm³/mol. The summed E-state index contributed by atoms with van der Waals surface area (Å²) in [4.78, 5) is 16.1. The Bertz CT molecular complexity index is 684. The van der Waals surface area contributed by atoms with Gasteiger partial charge in [0.05, 0.1) is 5.69 Å². The molecule has 1 fully saturated rings. The van der Waals surface area contributed by atoms with Crippen LogP contribution in [0.2, 0.25) is 10.0 Å². The Morgan fingerprint density at radius 3 is 2.76 bits per heavy atom. The highest BCUT2D eigenvalue weighted by Crippen LogP contribution is 2.41. The zero-order chi connectivity index (χ0) is 15.0. The molecule has 1 amide bonds. The summed E-state index contributed by atoms with van der Waals surface area (Å²) < 4.78 is 5.11. The number of nitrogens with one attached hydrogen (secondary N) is 1. The molecule has 1 aliphatic rings. The summed E-state index contributed by atoms with van der Waals surface area (Å²) in [5, 5.41) is 4.24. The summed E-state index contributed by atoms with van der Waals surface area (Å²) in [5.74, 6) is 0.245. The Labute approximate surface area is 132 Å². The van der Waals surface area contributed by atoms with E-state index in [1.165, 1.54) is 6.39 Å². The Morgan fingerprint density at radius 1 is 1.38 bits per heavy atom. The summed E-state index contributed by atoms with van der Waals surface area (Å²) in [6, 6.07) is 5.53. The van der Waals surface area contributed by atoms with Crippen LogP contribution in [0.25, 0.3) is 0 Å². The normalized spacial score (nSPS) is 20.9. The molecule has 3 rings (SSSR count). The van der Waals surface area contributed by atoms with Gasteiger partial charge < -0.3 is 9.73 Å². The molecule has 0 bridgehead atoms. The summed E-state index contributed by atoms with van der Waals surface area (Å²) in [5.41, 5.74) is 1.61. The number of hydrogen-bond acceptors (Lipinski definition) is 3. The summed E-state index contributed by atoms with van der Waals surface area (Å²) >= 11 is 12.2. The molecule has 1 heterocycles. The fraction of sp³-hybridized carbons (Fsp3) is 0.333. The maximum absolute atomic E-state index is 12.1. The minimum absolute atomic E-state index is 0.0562. The van der Waals surface area contributed by atoms with E-state index >= 15 is 0 Å². The largest absolute Gasteiger partial charge is 0.438 e. The van der Waals surface area contributed by atoms with Crippen LogP contribution in [0.3, 0.4) is 0 Å². The van der Waals surface area contributed by atoms with E-state index in [2.05, 4.69) is 10.3 Å². The molecule has 0 spiro atoms. The van der Waals surface area contributed by atoms with Crippen molar-refractivity contribution in [2.45, 2.75) is 31.7 Å². The van der Waals surface area contributed by atoms with Crippen LogP contribution < -0.4 is 5.32 Å². The van der Waals surface area contributed by atoms with E-state index in [-0.39, 0.29) is 23.6 Å². The topological polar surface area (TPSA) is 55.1 Å². The monoisotopic (exact) mass is 324 g/mol. The van der Waals surface area contributed by atoms with E-state index in [0.717, 1.165) is 18.4 Å². The minimum Gasteiger partial charge on any atom is -0.438 e. The third kappa shape index (κ3) is 2.78. The number of carbonyl (C=O) groups excluding carboxylic acids is 1. The third-order valence-electron chi connectivity index (χ3n) is 3.90. The van der Waals surface area contributed by atoms with Crippen molar-refractivity contribution in [1.82, 2.24) is 10.3 Å². The van der Waals surface area contributed by atoms with Crippen LogP contribution in [0.15, 0.2) is 29.0 Å². The third-order valence-corrected chi connectivity index (χ3v) is 4.47. The van der Waals surface area contributed by atoms with Crippen molar-refractivity contribution in [1.29, 1.82) is 0 Å². The maximum atomic E-state index is 12.1. The Kier molecular flexibility index (Phi) is 3.91. The van der Waals surface area contributed by atoms with E-state index in [9.17, 15) is 4.79 Å². The first-order valence-corrected chi connectivity index (χ1v) is 7.47. The molecule has 0 unspecified atom stereocenters. The number of aromatic nitrogens is 1. The molecule has 0 saturated heterocycles. The lowest BCUT2D eigenvalue weighted by atomic mass is 9.75. The molecule has 110 valence electrons. The number of amides is 1. The molecular formula is C15H14Cl2N2O2. The van der Waals surface area contributed by atoms with Gasteiger partial charge in [0.2, 0.25) is 5.76 Å². The minimum atomic E-state index is -0.232. The van der Waals surface area contributed by atoms with Crippen LogP contribution in [-0.2, 0) is 0 Å². The molecule has 1 aliphatic carbocycles. The van der Waals surface area contributed by atoms with Gasteiger partial charge in [-0.1, -0.05) is 29.3 Å². The van der Waals surface area contributed by atoms with Crippen molar-refractivity contribution >= 4 is 29.1 Å². The van der Waals surface area contributed by atoms with Crippen molar-refractivity contribution in [3.63, 3.8) is 0 Å². The highest BCUT2D eigenvalue weighted by atomic mass is 35.5. The number of carbonyl (C=O) groups is 1. The molecule has 2 atom stereocenters. The van der Waals surface area contributed by atoms with Crippen molar-refractivity contribution in [3.8, 4) is 0 Å². The lowest BCUT2D eigenvalue weighted by Gasteiger charge is -2.37. The highest BCUT2D eigenvalue weighted by Gasteiger charge is 2.35. The van der Waals surface area contributed by atoms with Gasteiger partial charge in [0.1, 0.15) is 0 Å². The molecule has 4 nitrogen and oxygen atoms in total. The van der Waals surface area contributed by atoms with Crippen molar-refractivity contribution in [2.75, 3.05) is 0 Å². The second-order valence-electron chi connectivity index (χ2n) is 5.20. The van der Waals surface area contributed by atoms with Gasteiger partial charge in [0, 0.05) is 22.0 Å². The molecule has 0 aliphatic heterocycles. The van der Waals surface area contributed by atoms with Crippen LogP contribution in [0.4, 0.5) is 0 Å². The molecule has 1 aromatic carbocycles. The van der Waals surface area contributed by atoms with Crippen LogP contribution in [-0.4, -0.2) is 16.9 Å². The zero-order valence-electron chi connectivity index (χ0n) is 11.4. The highest BCUT2D eigenvalue weighted by molar-refractivity contribution is 6.35. The van der Waals surface area contributed by atoms with Gasteiger partial charge in [0.25, 0.3) is 5.91 Å². The number of halogens is 2. The quantitative estimate of drug-likeness (QED) is 0.929. The summed E-state index contributed by atoms with van der Waals surface area (Å²) in [6.45, 7) is 1.74. The number of hydrogen-bond donors (Lipinski definition) is 1. The van der Waals surface area contributed by atoms with Crippen molar-refractivity contribution in [2.24, 2.45) is 0 Å². The number of oxazole rings is 1. The maximum Gasteiger partial charge on any atom is 0.289 e. The lowest BCUT2D eigenvalue weighted by molar-refractivity contribution is 0.0875. The van der Waals surface area contributed by atoms with Gasteiger partial charge in [-0.15, -0.1) is 0 Å². The number of aryl methyl sites for hydroxylation is 1. The van der Waals surface area contributed by atoms with Gasteiger partial charge >= 0.3 is 0 Å². The predicted octanol–water partition coefficient (Wildman–Crippen LogP) is 3.97. The standard InChI is InChI=1S/C15H14Cl2N2O2/c1-8-14(21-7-18-8)15(20)19-13-5-4-11(13)10-3-2-9(16)6-12(10)17/h2-3,6-7,11,13H,4-5H2,1H3,(H,19,20)/t11-,13-/m0/s1. The van der Waals surface area contributed by atoms with E-state index in [4.69, 9.17) is 27.6 Å². The first-order chi connectivity index (χ1) is 10.1. The fourth-order valence-electron chi connectivity index (χ4n) is 2.60. The summed E-state index contributed by atoms with van der Waals surface area (Å²) in [7, 11) is 0. The smallest absolute Gasteiger partial charge is 0.289 e. The van der Waals surface area contributed by atoms with Crippen LogP contribution >= 0.6 is 23.2 Å². The first-order valence-electron chi connectivity index (χ1n) is 6.72. The van der Waals surface area contributed by atoms with E-state index in [1.807, 2.05) is 12.1 Å². The van der Waals surface area contributed by atoms with Gasteiger partial charge in [0.15, 0.2) is 6.39 Å². The second-order valence-corrected chi connectivity index (χ2v) is 6.04. The molecule has 21 heavy (non-hydrogen) atoms. The molecule has 6 heteroatoms. The Balaban J connectivity index is 1.73. The van der Waals surface area contributed by atoms with Gasteiger partial charge in [-0.25, -0.2) is 4.98 Å². The molecule has 2 aromatic rings. The van der Waals surface area contributed by atoms with Crippen LogP contribution in [0.5, 0.6) is 0 Å². The van der Waals surface area contributed by atoms with E-state index in [0.29, 0.717) is 15.7 Å². The zero-order valence-corrected chi connectivity index (χ0v) is 12.9. The van der Waals surface area contributed by atoms with Gasteiger partial charge in [-0.3, -0.25) is 4.79 Å². The average molecular weight is 325 g/mol. The van der Waals surface area contributed by atoms with E-state index < -0.39 is 0 Å². The molecule has 1 saturated carbocycles. The first kappa shape index (κ1) is 14.4. The Morgan fingerprint density at radius 2 is 2.19 bits per heavy atom. The van der Waals surface area contributed by atoms with E-state index in [1.54, 1.807) is 13.0 Å². The molecule has 0 radical (unpaired) electrons.